The first kappa shape index (κ1) is 11.2. The van der Waals surface area contributed by atoms with Crippen LogP contribution >= 0.6 is 0 Å². The van der Waals surface area contributed by atoms with E-state index in [-0.39, 0.29) is 11.9 Å². The van der Waals surface area contributed by atoms with Gasteiger partial charge in [-0.15, -0.1) is 0 Å². The predicted molar refractivity (Wildman–Crippen MR) is 64.1 cm³/mol. The highest BCUT2D eigenvalue weighted by atomic mass is 19.1. The minimum Gasteiger partial charge on any atom is -0.375 e. The molecule has 2 saturated heterocycles. The van der Waals surface area contributed by atoms with Crippen molar-refractivity contribution in [2.75, 3.05) is 0 Å². The van der Waals surface area contributed by atoms with Gasteiger partial charge in [-0.05, 0) is 49.4 Å². The highest BCUT2D eigenvalue weighted by Crippen LogP contribution is 2.44. The average Bonchev–Trinajstić information content (AvgIpc) is 2.89. The van der Waals surface area contributed by atoms with E-state index in [1.807, 2.05) is 13.0 Å². The summed E-state index contributed by atoms with van der Waals surface area (Å²) >= 11 is 0. The molecule has 1 aromatic carbocycles. The van der Waals surface area contributed by atoms with Gasteiger partial charge in [-0.1, -0.05) is 6.07 Å². The molecule has 4 unspecified atom stereocenters. The third kappa shape index (κ3) is 1.87. The van der Waals surface area contributed by atoms with Crippen molar-refractivity contribution in [1.29, 1.82) is 0 Å². The molecule has 0 aromatic heterocycles. The Morgan fingerprint density at radius 2 is 2.24 bits per heavy atom. The first-order valence-corrected chi connectivity index (χ1v) is 6.32. The van der Waals surface area contributed by atoms with Crippen LogP contribution in [0.25, 0.3) is 0 Å². The molecule has 4 atom stereocenters. The van der Waals surface area contributed by atoms with Crippen LogP contribution in [0.15, 0.2) is 18.2 Å². The van der Waals surface area contributed by atoms with Gasteiger partial charge in [-0.25, -0.2) is 4.39 Å². The molecule has 92 valence electrons. The number of nitrogens with two attached hydrogens (primary N) is 1. The molecule has 3 heteroatoms. The van der Waals surface area contributed by atoms with Crippen LogP contribution in [-0.4, -0.2) is 12.2 Å². The van der Waals surface area contributed by atoms with Crippen molar-refractivity contribution >= 4 is 0 Å². The van der Waals surface area contributed by atoms with E-state index < -0.39 is 0 Å². The molecule has 3 rings (SSSR count). The van der Waals surface area contributed by atoms with Crippen molar-refractivity contribution in [2.24, 2.45) is 11.7 Å². The number of hydrogen-bond acceptors (Lipinski definition) is 2. The topological polar surface area (TPSA) is 35.2 Å². The van der Waals surface area contributed by atoms with E-state index in [2.05, 4.69) is 0 Å². The first-order chi connectivity index (χ1) is 8.15. The fourth-order valence-electron chi connectivity index (χ4n) is 3.30. The maximum absolute atomic E-state index is 13.1. The second kappa shape index (κ2) is 4.07. The molecule has 2 fully saturated rings. The molecular formula is C14H18FNO. The van der Waals surface area contributed by atoms with Crippen molar-refractivity contribution < 1.29 is 9.13 Å². The molecule has 2 N–H and O–H groups in total. The standard InChI is InChI=1S/C14H18FNO/c1-8-6-9(15)2-4-11(8)14(16)12-7-10-3-5-13(12)17-10/h2,4,6,10,12-14H,3,5,7,16H2,1H3. The molecule has 2 aliphatic rings. The lowest BCUT2D eigenvalue weighted by Crippen LogP contribution is -2.29. The van der Waals surface area contributed by atoms with E-state index in [1.54, 1.807) is 6.07 Å². The lowest BCUT2D eigenvalue weighted by Gasteiger charge is -2.26. The maximum Gasteiger partial charge on any atom is 0.123 e. The Kier molecular flexibility index (Phi) is 2.68. The second-order valence-corrected chi connectivity index (χ2v) is 5.30. The summed E-state index contributed by atoms with van der Waals surface area (Å²) in [6.45, 7) is 1.92. The van der Waals surface area contributed by atoms with E-state index >= 15 is 0 Å². The minimum absolute atomic E-state index is 0.0223. The van der Waals surface area contributed by atoms with Gasteiger partial charge in [-0.3, -0.25) is 0 Å². The van der Waals surface area contributed by atoms with Gasteiger partial charge in [0, 0.05) is 12.0 Å². The number of benzene rings is 1. The summed E-state index contributed by atoms with van der Waals surface area (Å²) in [4.78, 5) is 0. The van der Waals surface area contributed by atoms with Crippen molar-refractivity contribution in [2.45, 2.75) is 44.4 Å². The van der Waals surface area contributed by atoms with Crippen molar-refractivity contribution in [3.63, 3.8) is 0 Å². The van der Waals surface area contributed by atoms with Crippen LogP contribution < -0.4 is 5.73 Å². The van der Waals surface area contributed by atoms with Crippen LogP contribution in [0.2, 0.25) is 0 Å². The first-order valence-electron chi connectivity index (χ1n) is 6.32. The Bertz CT molecular complexity index is 434. The average molecular weight is 235 g/mol. The molecule has 0 saturated carbocycles. The monoisotopic (exact) mass is 235 g/mol. The number of hydrogen-bond donors (Lipinski definition) is 1. The van der Waals surface area contributed by atoms with Crippen LogP contribution in [0.5, 0.6) is 0 Å². The van der Waals surface area contributed by atoms with Gasteiger partial charge >= 0.3 is 0 Å². The molecule has 0 radical (unpaired) electrons. The number of fused-ring (bicyclic) bond motifs is 2. The molecule has 2 nitrogen and oxygen atoms in total. The normalized spacial score (nSPS) is 33.0. The van der Waals surface area contributed by atoms with Crippen molar-refractivity contribution in [3.8, 4) is 0 Å². The Labute approximate surface area is 101 Å². The smallest absolute Gasteiger partial charge is 0.123 e. The maximum atomic E-state index is 13.1. The second-order valence-electron chi connectivity index (χ2n) is 5.30. The van der Waals surface area contributed by atoms with Crippen LogP contribution in [0.3, 0.4) is 0 Å². The number of rotatable bonds is 2. The molecule has 2 bridgehead atoms. The van der Waals surface area contributed by atoms with E-state index in [4.69, 9.17) is 10.5 Å². The van der Waals surface area contributed by atoms with Gasteiger partial charge in [0.15, 0.2) is 0 Å². The SMILES string of the molecule is Cc1cc(F)ccc1C(N)C1CC2CCC1O2. The molecule has 0 spiro atoms. The summed E-state index contributed by atoms with van der Waals surface area (Å²) in [6.07, 6.45) is 4.10. The van der Waals surface area contributed by atoms with E-state index in [9.17, 15) is 4.39 Å². The third-order valence-corrected chi connectivity index (χ3v) is 4.21. The summed E-state index contributed by atoms with van der Waals surface area (Å²) in [7, 11) is 0. The Balaban J connectivity index is 1.84. The molecule has 2 heterocycles. The lowest BCUT2D eigenvalue weighted by molar-refractivity contribution is 0.0884. The third-order valence-electron chi connectivity index (χ3n) is 4.21. The highest BCUT2D eigenvalue weighted by molar-refractivity contribution is 5.30. The van der Waals surface area contributed by atoms with Gasteiger partial charge in [0.25, 0.3) is 0 Å². The van der Waals surface area contributed by atoms with E-state index in [0.717, 1.165) is 24.0 Å². The van der Waals surface area contributed by atoms with Gasteiger partial charge in [0.05, 0.1) is 12.2 Å². The van der Waals surface area contributed by atoms with Crippen LogP contribution in [-0.2, 0) is 4.74 Å². The molecule has 17 heavy (non-hydrogen) atoms. The van der Waals surface area contributed by atoms with E-state index in [1.165, 1.54) is 12.5 Å². The van der Waals surface area contributed by atoms with Gasteiger partial charge in [0.1, 0.15) is 5.82 Å². The van der Waals surface area contributed by atoms with Crippen LogP contribution in [0, 0.1) is 18.7 Å². The van der Waals surface area contributed by atoms with Crippen LogP contribution in [0.1, 0.15) is 36.4 Å². The predicted octanol–water partition coefficient (Wildman–Crippen LogP) is 2.70. The number of ether oxygens (including phenoxy) is 1. The highest BCUT2D eigenvalue weighted by Gasteiger charge is 2.43. The zero-order valence-electron chi connectivity index (χ0n) is 10.0. The molecule has 0 amide bonds. The molecular weight excluding hydrogens is 217 g/mol. The Morgan fingerprint density at radius 3 is 2.82 bits per heavy atom. The lowest BCUT2D eigenvalue weighted by atomic mass is 9.80. The van der Waals surface area contributed by atoms with Gasteiger partial charge < -0.3 is 10.5 Å². The zero-order valence-corrected chi connectivity index (χ0v) is 10.0. The van der Waals surface area contributed by atoms with Gasteiger partial charge in [-0.2, -0.15) is 0 Å². The summed E-state index contributed by atoms with van der Waals surface area (Å²) in [5, 5.41) is 0. The van der Waals surface area contributed by atoms with Crippen molar-refractivity contribution in [1.82, 2.24) is 0 Å². The van der Waals surface area contributed by atoms with Gasteiger partial charge in [0.2, 0.25) is 0 Å². The van der Waals surface area contributed by atoms with Crippen LogP contribution in [0.4, 0.5) is 4.39 Å². The zero-order chi connectivity index (χ0) is 12.0. The summed E-state index contributed by atoms with van der Waals surface area (Å²) in [6, 6.07) is 4.85. The fourth-order valence-corrected chi connectivity index (χ4v) is 3.30. The summed E-state index contributed by atoms with van der Waals surface area (Å²) < 4.78 is 18.9. The minimum atomic E-state index is -0.192. The summed E-state index contributed by atoms with van der Waals surface area (Å²) in [5.74, 6) is 0.209. The fraction of sp³-hybridized carbons (Fsp3) is 0.571. The molecule has 0 aliphatic carbocycles. The summed E-state index contributed by atoms with van der Waals surface area (Å²) in [5.41, 5.74) is 8.34. The number of halogens is 1. The largest absolute Gasteiger partial charge is 0.375 e. The Hall–Kier alpha value is -0.930. The molecule has 2 aliphatic heterocycles. The Morgan fingerprint density at radius 1 is 1.41 bits per heavy atom. The quantitative estimate of drug-likeness (QED) is 0.855. The number of aryl methyl sites for hydroxylation is 1. The van der Waals surface area contributed by atoms with Crippen molar-refractivity contribution in [3.05, 3.63) is 35.1 Å². The van der Waals surface area contributed by atoms with E-state index in [0.29, 0.717) is 18.1 Å². The molecule has 1 aromatic rings.